The molecule has 5 heteroatoms. The summed E-state index contributed by atoms with van der Waals surface area (Å²) in [5, 5.41) is 14.1. The van der Waals surface area contributed by atoms with Gasteiger partial charge in [-0.3, -0.25) is 9.80 Å². The number of benzene rings is 1. The molecule has 0 spiro atoms. The molecule has 0 amide bonds. The summed E-state index contributed by atoms with van der Waals surface area (Å²) in [5.74, 6) is 0. The average molecular weight is 354 g/mol. The lowest BCUT2D eigenvalue weighted by Crippen LogP contribution is -2.55. The lowest BCUT2D eigenvalue weighted by molar-refractivity contribution is 0.0267. The Morgan fingerprint density at radius 3 is 2.65 bits per heavy atom. The molecule has 1 atom stereocenters. The van der Waals surface area contributed by atoms with Crippen molar-refractivity contribution in [3.05, 3.63) is 48.3 Å². The largest absolute Gasteiger partial charge is 0.396 e. The van der Waals surface area contributed by atoms with Crippen molar-refractivity contribution in [1.82, 2.24) is 19.6 Å². The van der Waals surface area contributed by atoms with Crippen LogP contribution in [0.25, 0.3) is 5.69 Å². The third-order valence-electron chi connectivity index (χ3n) is 5.93. The van der Waals surface area contributed by atoms with Gasteiger partial charge in [-0.2, -0.15) is 5.10 Å². The van der Waals surface area contributed by atoms with Gasteiger partial charge in [0.2, 0.25) is 0 Å². The zero-order valence-electron chi connectivity index (χ0n) is 15.5. The van der Waals surface area contributed by atoms with Crippen molar-refractivity contribution in [2.75, 3.05) is 26.2 Å². The predicted octanol–water partition coefficient (Wildman–Crippen LogP) is 2.68. The molecule has 1 aliphatic heterocycles. The van der Waals surface area contributed by atoms with Crippen LogP contribution in [0.3, 0.4) is 0 Å². The smallest absolute Gasteiger partial charge is 0.0645 e. The van der Waals surface area contributed by atoms with Gasteiger partial charge >= 0.3 is 0 Å². The van der Waals surface area contributed by atoms with Gasteiger partial charge in [0.25, 0.3) is 0 Å². The van der Waals surface area contributed by atoms with Gasteiger partial charge in [0, 0.05) is 56.6 Å². The fraction of sp³-hybridized carbons (Fsp3) is 0.571. The number of para-hydroxylation sites is 1. The zero-order valence-corrected chi connectivity index (χ0v) is 15.5. The molecule has 140 valence electrons. The van der Waals surface area contributed by atoms with Gasteiger partial charge in [0.1, 0.15) is 0 Å². The van der Waals surface area contributed by atoms with Gasteiger partial charge < -0.3 is 5.11 Å². The molecule has 2 aromatic rings. The second-order valence-corrected chi connectivity index (χ2v) is 7.71. The quantitative estimate of drug-likeness (QED) is 0.866. The standard InChI is InChI=1S/C21H30N4O/c26-13-10-21-17-23(11-12-24(21)19-6-4-5-7-19)15-18-14-22-25(16-18)20-8-2-1-3-9-20/h1-3,8-9,14,16,19,21,26H,4-7,10-13,15,17H2/t21-/m1/s1. The number of piperazine rings is 1. The Labute approximate surface area is 156 Å². The van der Waals surface area contributed by atoms with E-state index in [0.29, 0.717) is 6.04 Å². The van der Waals surface area contributed by atoms with Crippen LogP contribution in [0.1, 0.15) is 37.7 Å². The molecule has 1 saturated heterocycles. The molecule has 4 rings (SSSR count). The molecule has 1 aliphatic carbocycles. The van der Waals surface area contributed by atoms with Crippen molar-refractivity contribution in [1.29, 1.82) is 0 Å². The van der Waals surface area contributed by atoms with Crippen LogP contribution in [0.2, 0.25) is 0 Å². The van der Waals surface area contributed by atoms with Crippen LogP contribution in [-0.2, 0) is 6.54 Å². The van der Waals surface area contributed by atoms with Crippen molar-refractivity contribution in [2.24, 2.45) is 0 Å². The summed E-state index contributed by atoms with van der Waals surface area (Å²) in [5.41, 5.74) is 2.36. The summed E-state index contributed by atoms with van der Waals surface area (Å²) in [7, 11) is 0. The number of hydrogen-bond donors (Lipinski definition) is 1. The second kappa shape index (κ2) is 8.33. The van der Waals surface area contributed by atoms with E-state index in [1.165, 1.54) is 31.2 Å². The van der Waals surface area contributed by atoms with E-state index in [2.05, 4.69) is 33.2 Å². The molecule has 0 bridgehead atoms. The number of rotatable bonds is 6. The Hall–Kier alpha value is -1.69. The van der Waals surface area contributed by atoms with E-state index in [0.717, 1.165) is 44.3 Å². The molecule has 2 fully saturated rings. The summed E-state index contributed by atoms with van der Waals surface area (Å²) in [6.45, 7) is 4.51. The van der Waals surface area contributed by atoms with Gasteiger partial charge in [-0.1, -0.05) is 31.0 Å². The van der Waals surface area contributed by atoms with E-state index in [9.17, 15) is 5.11 Å². The first-order chi connectivity index (χ1) is 12.8. The van der Waals surface area contributed by atoms with Gasteiger partial charge in [0.05, 0.1) is 11.9 Å². The first kappa shape index (κ1) is 17.7. The Kier molecular flexibility index (Phi) is 5.68. The van der Waals surface area contributed by atoms with Crippen LogP contribution in [-0.4, -0.2) is 63.0 Å². The number of aliphatic hydroxyl groups excluding tert-OH is 1. The van der Waals surface area contributed by atoms with Crippen molar-refractivity contribution in [3.8, 4) is 5.69 Å². The Morgan fingerprint density at radius 1 is 1.08 bits per heavy atom. The number of aliphatic hydroxyl groups is 1. The highest BCUT2D eigenvalue weighted by atomic mass is 16.3. The van der Waals surface area contributed by atoms with E-state index >= 15 is 0 Å². The topological polar surface area (TPSA) is 44.5 Å². The van der Waals surface area contributed by atoms with Crippen LogP contribution in [0.4, 0.5) is 0 Å². The molecule has 0 radical (unpaired) electrons. The minimum absolute atomic E-state index is 0.285. The zero-order chi connectivity index (χ0) is 17.8. The summed E-state index contributed by atoms with van der Waals surface area (Å²) < 4.78 is 1.95. The molecule has 2 heterocycles. The third kappa shape index (κ3) is 4.00. The molecule has 0 unspecified atom stereocenters. The minimum Gasteiger partial charge on any atom is -0.396 e. The second-order valence-electron chi connectivity index (χ2n) is 7.71. The fourth-order valence-corrected chi connectivity index (χ4v) is 4.62. The highest BCUT2D eigenvalue weighted by Gasteiger charge is 2.32. The van der Waals surface area contributed by atoms with Crippen molar-refractivity contribution >= 4 is 0 Å². The monoisotopic (exact) mass is 354 g/mol. The highest BCUT2D eigenvalue weighted by molar-refractivity contribution is 5.30. The van der Waals surface area contributed by atoms with Crippen molar-refractivity contribution < 1.29 is 5.11 Å². The van der Waals surface area contributed by atoms with Gasteiger partial charge in [0.15, 0.2) is 0 Å². The summed E-state index contributed by atoms with van der Waals surface area (Å²) in [4.78, 5) is 5.21. The molecule has 1 aromatic heterocycles. The highest BCUT2D eigenvalue weighted by Crippen LogP contribution is 2.28. The molecule has 1 aromatic carbocycles. The first-order valence-corrected chi connectivity index (χ1v) is 10.0. The summed E-state index contributed by atoms with van der Waals surface area (Å²) >= 11 is 0. The van der Waals surface area contributed by atoms with Gasteiger partial charge in [-0.15, -0.1) is 0 Å². The van der Waals surface area contributed by atoms with Crippen LogP contribution in [0, 0.1) is 0 Å². The van der Waals surface area contributed by atoms with E-state index < -0.39 is 0 Å². The Morgan fingerprint density at radius 2 is 1.88 bits per heavy atom. The average Bonchev–Trinajstić information content (AvgIpc) is 3.35. The van der Waals surface area contributed by atoms with E-state index in [1.807, 2.05) is 29.1 Å². The Balaban J connectivity index is 1.39. The van der Waals surface area contributed by atoms with Gasteiger partial charge in [-0.25, -0.2) is 4.68 Å². The van der Waals surface area contributed by atoms with Crippen LogP contribution >= 0.6 is 0 Å². The van der Waals surface area contributed by atoms with Crippen LogP contribution < -0.4 is 0 Å². The SMILES string of the molecule is OCC[C@@H]1CN(Cc2cnn(-c3ccccc3)c2)CCN1C1CCCC1. The molecule has 26 heavy (non-hydrogen) atoms. The molecule has 5 nitrogen and oxygen atoms in total. The van der Waals surface area contributed by atoms with E-state index in [4.69, 9.17) is 0 Å². The maximum absolute atomic E-state index is 9.53. The number of aromatic nitrogens is 2. The summed E-state index contributed by atoms with van der Waals surface area (Å²) in [6, 6.07) is 11.5. The van der Waals surface area contributed by atoms with E-state index in [-0.39, 0.29) is 6.61 Å². The van der Waals surface area contributed by atoms with Gasteiger partial charge in [-0.05, 0) is 31.4 Å². The molecule has 1 saturated carbocycles. The molecular formula is C21H30N4O. The van der Waals surface area contributed by atoms with Crippen LogP contribution in [0.5, 0.6) is 0 Å². The van der Waals surface area contributed by atoms with Crippen LogP contribution in [0.15, 0.2) is 42.7 Å². The van der Waals surface area contributed by atoms with Crippen molar-refractivity contribution in [2.45, 2.75) is 50.7 Å². The first-order valence-electron chi connectivity index (χ1n) is 10.0. The summed E-state index contributed by atoms with van der Waals surface area (Å²) in [6.07, 6.45) is 10.4. The molecular weight excluding hydrogens is 324 g/mol. The fourth-order valence-electron chi connectivity index (χ4n) is 4.62. The minimum atomic E-state index is 0.285. The normalized spacial score (nSPS) is 22.9. The number of hydrogen-bond acceptors (Lipinski definition) is 4. The third-order valence-corrected chi connectivity index (χ3v) is 5.93. The lowest BCUT2D eigenvalue weighted by Gasteiger charge is -2.44. The maximum Gasteiger partial charge on any atom is 0.0645 e. The lowest BCUT2D eigenvalue weighted by atomic mass is 10.0. The van der Waals surface area contributed by atoms with Crippen molar-refractivity contribution in [3.63, 3.8) is 0 Å². The maximum atomic E-state index is 9.53. The Bertz CT molecular complexity index is 680. The van der Waals surface area contributed by atoms with E-state index in [1.54, 1.807) is 0 Å². The molecule has 2 aliphatic rings. The molecule has 1 N–H and O–H groups in total. The number of nitrogens with zero attached hydrogens (tertiary/aromatic N) is 4. The predicted molar refractivity (Wildman–Crippen MR) is 103 cm³/mol.